The number of aromatic nitrogens is 1. The number of hydrogen-bond donors (Lipinski definition) is 2. The van der Waals surface area contributed by atoms with Gasteiger partial charge in [0, 0.05) is 25.6 Å². The van der Waals surface area contributed by atoms with Crippen LogP contribution in [0.1, 0.15) is 37.5 Å². The minimum atomic E-state index is -0.771. The summed E-state index contributed by atoms with van der Waals surface area (Å²) in [6.45, 7) is 4.08. The molecule has 0 aliphatic carbocycles. The maximum atomic E-state index is 13.2. The molecule has 0 spiro atoms. The van der Waals surface area contributed by atoms with Crippen LogP contribution < -0.4 is 5.32 Å². The second-order valence-corrected chi connectivity index (χ2v) is 7.38. The van der Waals surface area contributed by atoms with E-state index in [0.717, 1.165) is 5.56 Å². The maximum absolute atomic E-state index is 13.2. The monoisotopic (exact) mass is 389 g/mol. The van der Waals surface area contributed by atoms with Crippen LogP contribution in [-0.4, -0.2) is 45.7 Å². The second kappa shape index (κ2) is 8.52. The van der Waals surface area contributed by atoms with Crippen LogP contribution in [-0.2, 0) is 16.1 Å². The molecule has 0 bridgehead atoms. The smallest absolute Gasteiger partial charge is 0.243 e. The van der Waals surface area contributed by atoms with Crippen LogP contribution in [0.5, 0.6) is 0 Å². The molecule has 1 aromatic heterocycles. The fourth-order valence-electron chi connectivity index (χ4n) is 3.52. The predicted molar refractivity (Wildman–Crippen MR) is 98.5 cm³/mol. The molecule has 1 aliphatic heterocycles. The van der Waals surface area contributed by atoms with E-state index in [2.05, 4.69) is 10.5 Å². The fraction of sp³-hybridized carbons (Fsp3) is 0.450. The van der Waals surface area contributed by atoms with E-state index < -0.39 is 18.1 Å². The van der Waals surface area contributed by atoms with Gasteiger partial charge in [-0.2, -0.15) is 0 Å². The fourth-order valence-corrected chi connectivity index (χ4v) is 3.52. The SMILES string of the molecule is CC(C)C(C(=O)N1CC(O)CC1C(=O)NCc1ccc(F)cc1)c1ccno1. The van der Waals surface area contributed by atoms with Crippen molar-refractivity contribution in [3.8, 4) is 0 Å². The third-order valence-electron chi connectivity index (χ3n) is 4.94. The van der Waals surface area contributed by atoms with Crippen LogP contribution in [0.3, 0.4) is 0 Å². The van der Waals surface area contributed by atoms with Gasteiger partial charge in [0.25, 0.3) is 0 Å². The van der Waals surface area contributed by atoms with Crippen molar-refractivity contribution in [1.82, 2.24) is 15.4 Å². The van der Waals surface area contributed by atoms with Gasteiger partial charge in [0.2, 0.25) is 11.8 Å². The molecule has 2 heterocycles. The quantitative estimate of drug-likeness (QED) is 0.786. The summed E-state index contributed by atoms with van der Waals surface area (Å²) in [7, 11) is 0. The molecule has 150 valence electrons. The van der Waals surface area contributed by atoms with Gasteiger partial charge in [-0.05, 0) is 23.6 Å². The summed E-state index contributed by atoms with van der Waals surface area (Å²) in [5.41, 5.74) is 0.743. The molecular weight excluding hydrogens is 365 g/mol. The first-order valence-corrected chi connectivity index (χ1v) is 9.28. The molecule has 8 heteroatoms. The van der Waals surface area contributed by atoms with Crippen LogP contribution >= 0.6 is 0 Å². The number of halogens is 1. The number of likely N-dealkylation sites (tertiary alicyclic amines) is 1. The lowest BCUT2D eigenvalue weighted by molar-refractivity contribution is -0.141. The first-order chi connectivity index (χ1) is 13.4. The number of β-amino-alcohol motifs (C(OH)–C–C–N with tert-alkyl or cyclic N) is 1. The Hall–Kier alpha value is -2.74. The van der Waals surface area contributed by atoms with Gasteiger partial charge in [0.15, 0.2) is 0 Å². The molecule has 3 rings (SSSR count). The third-order valence-corrected chi connectivity index (χ3v) is 4.94. The van der Waals surface area contributed by atoms with Crippen molar-refractivity contribution in [2.75, 3.05) is 6.54 Å². The Labute approximate surface area is 162 Å². The molecule has 1 aliphatic rings. The van der Waals surface area contributed by atoms with Gasteiger partial charge in [-0.1, -0.05) is 31.1 Å². The highest BCUT2D eigenvalue weighted by Gasteiger charge is 2.42. The van der Waals surface area contributed by atoms with E-state index in [4.69, 9.17) is 4.52 Å². The van der Waals surface area contributed by atoms with Gasteiger partial charge in [0.1, 0.15) is 23.5 Å². The van der Waals surface area contributed by atoms with Crippen LogP contribution in [0.25, 0.3) is 0 Å². The molecular formula is C20H24FN3O4. The van der Waals surface area contributed by atoms with Gasteiger partial charge in [0.05, 0.1) is 12.3 Å². The first kappa shape index (κ1) is 20.0. The van der Waals surface area contributed by atoms with E-state index in [1.807, 2.05) is 13.8 Å². The second-order valence-electron chi connectivity index (χ2n) is 7.38. The average Bonchev–Trinajstić information content (AvgIpc) is 3.30. The lowest BCUT2D eigenvalue weighted by Gasteiger charge is -2.28. The predicted octanol–water partition coefficient (Wildman–Crippen LogP) is 1.83. The van der Waals surface area contributed by atoms with Gasteiger partial charge in [-0.3, -0.25) is 9.59 Å². The molecule has 28 heavy (non-hydrogen) atoms. The Morgan fingerprint density at radius 2 is 2.04 bits per heavy atom. The Morgan fingerprint density at radius 1 is 1.32 bits per heavy atom. The Bertz CT molecular complexity index is 807. The maximum Gasteiger partial charge on any atom is 0.243 e. The molecule has 2 N–H and O–H groups in total. The first-order valence-electron chi connectivity index (χ1n) is 9.28. The van der Waals surface area contributed by atoms with E-state index >= 15 is 0 Å². The van der Waals surface area contributed by atoms with Crippen molar-refractivity contribution in [1.29, 1.82) is 0 Å². The zero-order valence-corrected chi connectivity index (χ0v) is 15.8. The molecule has 0 radical (unpaired) electrons. The number of nitrogens with one attached hydrogen (secondary N) is 1. The highest BCUT2D eigenvalue weighted by molar-refractivity contribution is 5.91. The van der Waals surface area contributed by atoms with Crippen molar-refractivity contribution in [2.45, 2.75) is 44.9 Å². The molecule has 1 fully saturated rings. The number of benzene rings is 1. The van der Waals surface area contributed by atoms with E-state index in [1.54, 1.807) is 18.2 Å². The summed E-state index contributed by atoms with van der Waals surface area (Å²) < 4.78 is 18.2. The number of rotatable bonds is 6. The lowest BCUT2D eigenvalue weighted by Crippen LogP contribution is -2.48. The zero-order chi connectivity index (χ0) is 20.3. The van der Waals surface area contributed by atoms with Crippen molar-refractivity contribution in [3.05, 3.63) is 53.7 Å². The summed E-state index contributed by atoms with van der Waals surface area (Å²) >= 11 is 0. The lowest BCUT2D eigenvalue weighted by atomic mass is 9.91. The van der Waals surface area contributed by atoms with Crippen molar-refractivity contribution < 1.29 is 23.6 Å². The molecule has 2 amide bonds. The summed E-state index contributed by atoms with van der Waals surface area (Å²) in [4.78, 5) is 27.3. The number of aliphatic hydroxyl groups excluding tert-OH is 1. The normalized spacial score (nSPS) is 20.4. The molecule has 0 saturated carbocycles. The average molecular weight is 389 g/mol. The molecule has 7 nitrogen and oxygen atoms in total. The molecule has 3 unspecified atom stereocenters. The summed E-state index contributed by atoms with van der Waals surface area (Å²) in [6.07, 6.45) is 0.874. The minimum Gasteiger partial charge on any atom is -0.391 e. The number of amides is 2. The van der Waals surface area contributed by atoms with E-state index in [1.165, 1.54) is 23.2 Å². The number of carbonyl (C=O) groups is 2. The van der Waals surface area contributed by atoms with Crippen molar-refractivity contribution >= 4 is 11.8 Å². The molecule has 1 aromatic carbocycles. The van der Waals surface area contributed by atoms with Gasteiger partial charge < -0.3 is 19.8 Å². The van der Waals surface area contributed by atoms with Crippen molar-refractivity contribution in [2.24, 2.45) is 5.92 Å². The number of hydrogen-bond acceptors (Lipinski definition) is 5. The standard InChI is InChI=1S/C20H24FN3O4/c1-12(2)18(17-7-8-23-28-17)20(27)24-11-15(25)9-16(24)19(26)22-10-13-3-5-14(21)6-4-13/h3-8,12,15-16,18,25H,9-11H2,1-2H3,(H,22,26). The van der Waals surface area contributed by atoms with Crippen LogP contribution in [0.2, 0.25) is 0 Å². The van der Waals surface area contributed by atoms with Crippen LogP contribution in [0.4, 0.5) is 4.39 Å². The molecule has 3 atom stereocenters. The van der Waals surface area contributed by atoms with Gasteiger partial charge in [-0.15, -0.1) is 0 Å². The van der Waals surface area contributed by atoms with Gasteiger partial charge >= 0.3 is 0 Å². The highest BCUT2D eigenvalue weighted by Crippen LogP contribution is 2.30. The van der Waals surface area contributed by atoms with Crippen molar-refractivity contribution in [3.63, 3.8) is 0 Å². The third kappa shape index (κ3) is 4.39. The molecule has 2 aromatic rings. The Morgan fingerprint density at radius 3 is 2.64 bits per heavy atom. The summed E-state index contributed by atoms with van der Waals surface area (Å²) in [6, 6.07) is 6.68. The zero-order valence-electron chi connectivity index (χ0n) is 15.8. The van der Waals surface area contributed by atoms with Gasteiger partial charge in [-0.25, -0.2) is 4.39 Å². The topological polar surface area (TPSA) is 95.7 Å². The largest absolute Gasteiger partial charge is 0.391 e. The van der Waals surface area contributed by atoms with Crippen LogP contribution in [0.15, 0.2) is 41.1 Å². The van der Waals surface area contributed by atoms with E-state index in [-0.39, 0.29) is 43.1 Å². The highest BCUT2D eigenvalue weighted by atomic mass is 19.1. The number of carbonyl (C=O) groups excluding carboxylic acids is 2. The number of nitrogens with zero attached hydrogens (tertiary/aromatic N) is 2. The summed E-state index contributed by atoms with van der Waals surface area (Å²) in [5.74, 6) is -1.19. The Kier molecular flexibility index (Phi) is 6.08. The Balaban J connectivity index is 1.71. The summed E-state index contributed by atoms with van der Waals surface area (Å²) in [5, 5.41) is 16.5. The van der Waals surface area contributed by atoms with E-state index in [0.29, 0.717) is 5.76 Å². The number of aliphatic hydroxyl groups is 1. The minimum absolute atomic E-state index is 0.0684. The van der Waals surface area contributed by atoms with E-state index in [9.17, 15) is 19.1 Å². The van der Waals surface area contributed by atoms with Crippen LogP contribution in [0, 0.1) is 11.7 Å². The molecule has 1 saturated heterocycles.